The number of carbonyl (C=O) groups is 2. The van der Waals surface area contributed by atoms with Crippen molar-refractivity contribution in [1.82, 2.24) is 10.2 Å². The highest BCUT2D eigenvalue weighted by molar-refractivity contribution is 5.97. The number of amides is 1. The lowest BCUT2D eigenvalue weighted by molar-refractivity contribution is -0.119. The molecule has 8 heteroatoms. The van der Waals surface area contributed by atoms with Gasteiger partial charge in [-0.1, -0.05) is 41.5 Å². The maximum Gasteiger partial charge on any atom is 0.375 e. The normalized spacial score (nSPS) is 10.8. The van der Waals surface area contributed by atoms with Gasteiger partial charge in [0.25, 0.3) is 5.91 Å². The van der Waals surface area contributed by atoms with Crippen LogP contribution in [0.25, 0.3) is 22.4 Å². The highest BCUT2D eigenvalue weighted by Gasteiger charge is 2.20. The van der Waals surface area contributed by atoms with E-state index in [1.165, 1.54) is 0 Å². The number of para-hydroxylation sites is 1. The van der Waals surface area contributed by atoms with E-state index >= 15 is 0 Å². The van der Waals surface area contributed by atoms with Crippen LogP contribution >= 0.6 is 0 Å². The van der Waals surface area contributed by atoms with Crippen molar-refractivity contribution in [2.75, 3.05) is 11.9 Å². The van der Waals surface area contributed by atoms with E-state index in [2.05, 4.69) is 15.5 Å². The number of nitrogens with one attached hydrogen (secondary N) is 1. The van der Waals surface area contributed by atoms with Gasteiger partial charge in [-0.3, -0.25) is 10.1 Å². The van der Waals surface area contributed by atoms with Gasteiger partial charge in [-0.15, -0.1) is 5.10 Å². The molecule has 1 amide bonds. The average Bonchev–Trinajstić information content (AvgIpc) is 3.32. The summed E-state index contributed by atoms with van der Waals surface area (Å²) in [6, 6.07) is 16.3. The Labute approximate surface area is 159 Å². The standard InChI is InChI=1S/C20H15N3O5/c1-12-14-9-5-6-10-15(14)27-17(12)19(25)26-11-16(24)21-20-23-22-18(28-20)13-7-3-2-4-8-13/h2-10H,11H2,1H3,(H,21,23,24). The topological polar surface area (TPSA) is 107 Å². The number of aromatic nitrogens is 2. The quantitative estimate of drug-likeness (QED) is 0.530. The molecular weight excluding hydrogens is 362 g/mol. The molecule has 4 aromatic rings. The Bertz CT molecular complexity index is 1150. The van der Waals surface area contributed by atoms with Crippen molar-refractivity contribution < 1.29 is 23.2 Å². The highest BCUT2D eigenvalue weighted by atomic mass is 16.5. The molecule has 0 fully saturated rings. The van der Waals surface area contributed by atoms with E-state index in [9.17, 15) is 9.59 Å². The van der Waals surface area contributed by atoms with Gasteiger partial charge in [0.1, 0.15) is 5.58 Å². The summed E-state index contributed by atoms with van der Waals surface area (Å²) >= 11 is 0. The lowest BCUT2D eigenvalue weighted by Crippen LogP contribution is -2.21. The molecule has 28 heavy (non-hydrogen) atoms. The Balaban J connectivity index is 1.37. The summed E-state index contributed by atoms with van der Waals surface area (Å²) in [4.78, 5) is 24.2. The Kier molecular flexibility index (Phi) is 4.59. The smallest absolute Gasteiger partial charge is 0.375 e. The largest absolute Gasteiger partial charge is 0.450 e. The second kappa shape index (κ2) is 7.36. The zero-order valence-corrected chi connectivity index (χ0v) is 14.8. The van der Waals surface area contributed by atoms with Crippen molar-refractivity contribution in [2.24, 2.45) is 0 Å². The molecular formula is C20H15N3O5. The molecule has 0 atom stereocenters. The van der Waals surface area contributed by atoms with Crippen LogP contribution in [0.2, 0.25) is 0 Å². The van der Waals surface area contributed by atoms with Crippen LogP contribution in [-0.2, 0) is 9.53 Å². The van der Waals surface area contributed by atoms with Crippen molar-refractivity contribution in [2.45, 2.75) is 6.92 Å². The summed E-state index contributed by atoms with van der Waals surface area (Å²) in [6.07, 6.45) is 0. The van der Waals surface area contributed by atoms with Gasteiger partial charge >= 0.3 is 12.0 Å². The molecule has 0 radical (unpaired) electrons. The summed E-state index contributed by atoms with van der Waals surface area (Å²) in [5, 5.41) is 10.8. The molecule has 8 nitrogen and oxygen atoms in total. The number of esters is 1. The third-order valence-corrected chi connectivity index (χ3v) is 4.06. The number of furan rings is 1. The summed E-state index contributed by atoms with van der Waals surface area (Å²) < 4.78 is 15.9. The van der Waals surface area contributed by atoms with Gasteiger partial charge in [0, 0.05) is 16.5 Å². The molecule has 0 saturated carbocycles. The summed E-state index contributed by atoms with van der Waals surface area (Å²) in [7, 11) is 0. The van der Waals surface area contributed by atoms with Gasteiger partial charge in [0.15, 0.2) is 6.61 Å². The minimum Gasteiger partial charge on any atom is -0.450 e. The number of nitrogens with zero attached hydrogens (tertiary/aromatic N) is 2. The zero-order chi connectivity index (χ0) is 19.5. The predicted octanol–water partition coefficient (Wildman–Crippen LogP) is 3.59. The van der Waals surface area contributed by atoms with Crippen molar-refractivity contribution in [3.63, 3.8) is 0 Å². The summed E-state index contributed by atoms with van der Waals surface area (Å²) in [5.41, 5.74) is 1.96. The van der Waals surface area contributed by atoms with Gasteiger partial charge in [0.2, 0.25) is 11.7 Å². The second-order valence-electron chi connectivity index (χ2n) is 5.96. The Morgan fingerprint density at radius 2 is 1.75 bits per heavy atom. The Hall–Kier alpha value is -3.94. The third-order valence-electron chi connectivity index (χ3n) is 4.06. The van der Waals surface area contributed by atoms with E-state index in [-0.39, 0.29) is 17.7 Å². The first-order chi connectivity index (χ1) is 13.6. The number of ether oxygens (including phenoxy) is 1. The van der Waals surface area contributed by atoms with Crippen LogP contribution in [0.5, 0.6) is 0 Å². The number of anilines is 1. The maximum absolute atomic E-state index is 12.2. The van der Waals surface area contributed by atoms with Crippen molar-refractivity contribution >= 4 is 28.9 Å². The van der Waals surface area contributed by atoms with Gasteiger partial charge in [-0.25, -0.2) is 4.79 Å². The van der Waals surface area contributed by atoms with Gasteiger partial charge < -0.3 is 13.6 Å². The monoisotopic (exact) mass is 377 g/mol. The van der Waals surface area contributed by atoms with E-state index < -0.39 is 18.5 Å². The molecule has 0 unspecified atom stereocenters. The first-order valence-electron chi connectivity index (χ1n) is 8.46. The number of hydrogen-bond acceptors (Lipinski definition) is 7. The fraction of sp³-hybridized carbons (Fsp3) is 0.100. The van der Waals surface area contributed by atoms with Gasteiger partial charge in [-0.05, 0) is 25.1 Å². The SMILES string of the molecule is Cc1c(C(=O)OCC(=O)Nc2nnc(-c3ccccc3)o2)oc2ccccc12. The van der Waals surface area contributed by atoms with E-state index in [0.29, 0.717) is 11.1 Å². The molecule has 0 bridgehead atoms. The van der Waals surface area contributed by atoms with Crippen LogP contribution in [0.1, 0.15) is 16.1 Å². The van der Waals surface area contributed by atoms with Crippen LogP contribution in [0.15, 0.2) is 63.4 Å². The lowest BCUT2D eigenvalue weighted by atomic mass is 10.1. The number of rotatable bonds is 5. The van der Waals surface area contributed by atoms with Crippen LogP contribution in [0.3, 0.4) is 0 Å². The predicted molar refractivity (Wildman–Crippen MR) is 99.6 cm³/mol. The fourth-order valence-electron chi connectivity index (χ4n) is 2.69. The first kappa shape index (κ1) is 17.5. The van der Waals surface area contributed by atoms with E-state index in [4.69, 9.17) is 13.6 Å². The summed E-state index contributed by atoms with van der Waals surface area (Å²) in [5.74, 6) is -0.992. The minimum absolute atomic E-state index is 0.0677. The second-order valence-corrected chi connectivity index (χ2v) is 5.96. The lowest BCUT2D eigenvalue weighted by Gasteiger charge is -2.02. The maximum atomic E-state index is 12.2. The molecule has 1 N–H and O–H groups in total. The van der Waals surface area contributed by atoms with E-state index in [1.807, 2.05) is 36.4 Å². The molecule has 0 spiro atoms. The zero-order valence-electron chi connectivity index (χ0n) is 14.8. The third kappa shape index (κ3) is 3.48. The first-order valence-corrected chi connectivity index (χ1v) is 8.46. The number of fused-ring (bicyclic) bond motifs is 1. The number of hydrogen-bond donors (Lipinski definition) is 1. The van der Waals surface area contributed by atoms with Gasteiger partial charge in [-0.2, -0.15) is 0 Å². The molecule has 2 aromatic carbocycles. The molecule has 140 valence electrons. The molecule has 0 saturated heterocycles. The van der Waals surface area contributed by atoms with Crippen molar-refractivity contribution in [3.8, 4) is 11.5 Å². The summed E-state index contributed by atoms with van der Waals surface area (Å²) in [6.45, 7) is 1.24. The number of benzene rings is 2. The average molecular weight is 377 g/mol. The Morgan fingerprint density at radius 1 is 1.00 bits per heavy atom. The Morgan fingerprint density at radius 3 is 2.54 bits per heavy atom. The van der Waals surface area contributed by atoms with Crippen LogP contribution < -0.4 is 5.32 Å². The van der Waals surface area contributed by atoms with Gasteiger partial charge in [0.05, 0.1) is 0 Å². The molecule has 0 aliphatic rings. The van der Waals surface area contributed by atoms with Crippen LogP contribution in [0.4, 0.5) is 6.01 Å². The number of carbonyl (C=O) groups excluding carboxylic acids is 2. The molecule has 0 aliphatic carbocycles. The van der Waals surface area contributed by atoms with E-state index in [1.54, 1.807) is 25.1 Å². The molecule has 2 heterocycles. The number of aryl methyl sites for hydroxylation is 1. The van der Waals surface area contributed by atoms with Crippen molar-refractivity contribution in [3.05, 3.63) is 65.9 Å². The fourth-order valence-corrected chi connectivity index (χ4v) is 2.69. The minimum atomic E-state index is -0.723. The molecule has 2 aromatic heterocycles. The molecule has 0 aliphatic heterocycles. The van der Waals surface area contributed by atoms with Crippen LogP contribution in [-0.4, -0.2) is 28.7 Å². The van der Waals surface area contributed by atoms with E-state index in [0.717, 1.165) is 10.9 Å². The molecule has 4 rings (SSSR count). The van der Waals surface area contributed by atoms with Crippen LogP contribution in [0, 0.1) is 6.92 Å². The van der Waals surface area contributed by atoms with Crippen molar-refractivity contribution in [1.29, 1.82) is 0 Å². The highest BCUT2D eigenvalue weighted by Crippen LogP contribution is 2.25.